The van der Waals surface area contributed by atoms with Gasteiger partial charge in [0.15, 0.2) is 5.78 Å². The summed E-state index contributed by atoms with van der Waals surface area (Å²) in [5.41, 5.74) is -4.04. The summed E-state index contributed by atoms with van der Waals surface area (Å²) in [6, 6.07) is 8.43. The van der Waals surface area contributed by atoms with E-state index < -0.39 is 70.4 Å². The Hall–Kier alpha value is -3.76. The number of hydrogen-bond donors (Lipinski definition) is 3. The molecule has 1 unspecified atom stereocenters. The molecule has 10 nitrogen and oxygen atoms in total. The van der Waals surface area contributed by atoms with E-state index in [4.69, 9.17) is 9.47 Å². The number of aromatic nitrogens is 2. The molecule has 1 aliphatic carbocycles. The third-order valence-corrected chi connectivity index (χ3v) is 9.23. The molecule has 10 heteroatoms. The normalized spacial score (nSPS) is 40.9. The molecule has 1 saturated carbocycles. The summed E-state index contributed by atoms with van der Waals surface area (Å²) in [6.07, 6.45) is 9.91. The standard InChI is InChI=1S/C31H37N3O7/c1-19-9-8-12-22-25(34-15-14-32-18-34)30(4,39)20(2)24-23(17-21-10-6-5-7-11-21)33-27(36)31(22,24)41-28(37)40-16-13-29(3,38)26(19)35/h5-8,10-16,18-20,22-25,38-39H,9,17H2,1-4H3,(H,33,36)/b12-8+,16-13+/t19-,20-,22-,23-,24-,25?,29+,30-,31+/m0/s1. The minimum atomic E-state index is -1.88. The van der Waals surface area contributed by atoms with E-state index in [0.717, 1.165) is 17.9 Å². The summed E-state index contributed by atoms with van der Waals surface area (Å²) >= 11 is 0. The maximum Gasteiger partial charge on any atom is 0.514 e. The summed E-state index contributed by atoms with van der Waals surface area (Å²) in [7, 11) is 0. The molecule has 9 atom stereocenters. The number of benzene rings is 1. The van der Waals surface area contributed by atoms with E-state index in [1.54, 1.807) is 49.3 Å². The van der Waals surface area contributed by atoms with Crippen molar-refractivity contribution in [1.82, 2.24) is 14.9 Å². The van der Waals surface area contributed by atoms with Crippen LogP contribution in [0.2, 0.25) is 0 Å². The van der Waals surface area contributed by atoms with Crippen LogP contribution in [-0.4, -0.2) is 60.5 Å². The van der Waals surface area contributed by atoms with Gasteiger partial charge in [0.25, 0.3) is 5.91 Å². The lowest BCUT2D eigenvalue weighted by Gasteiger charge is -2.56. The molecule has 3 N–H and O–H groups in total. The van der Waals surface area contributed by atoms with Crippen molar-refractivity contribution in [2.24, 2.45) is 23.7 Å². The second-order valence-electron chi connectivity index (χ2n) is 11.9. The number of carbonyl (C=O) groups excluding carboxylic acids is 3. The van der Waals surface area contributed by atoms with Crippen LogP contribution in [0.15, 0.2) is 73.5 Å². The summed E-state index contributed by atoms with van der Waals surface area (Å²) in [4.78, 5) is 44.6. The zero-order valence-corrected chi connectivity index (χ0v) is 23.6. The summed E-state index contributed by atoms with van der Waals surface area (Å²) in [5.74, 6) is -3.59. The van der Waals surface area contributed by atoms with Crippen molar-refractivity contribution in [2.75, 3.05) is 0 Å². The van der Waals surface area contributed by atoms with E-state index in [1.165, 1.54) is 6.92 Å². The molecule has 1 aromatic heterocycles. The van der Waals surface area contributed by atoms with Crippen LogP contribution in [0.1, 0.15) is 45.7 Å². The Morgan fingerprint density at radius 2 is 1.85 bits per heavy atom. The van der Waals surface area contributed by atoms with Crippen molar-refractivity contribution < 1.29 is 34.1 Å². The number of ether oxygens (including phenoxy) is 2. The molecule has 3 aliphatic rings. The van der Waals surface area contributed by atoms with Gasteiger partial charge in [0, 0.05) is 30.3 Å². The number of cyclic esters (lactones) is 1. The Morgan fingerprint density at radius 1 is 1.12 bits per heavy atom. The van der Waals surface area contributed by atoms with Crippen molar-refractivity contribution in [3.63, 3.8) is 0 Å². The molecule has 41 heavy (non-hydrogen) atoms. The molecule has 1 saturated heterocycles. The first kappa shape index (κ1) is 28.8. The van der Waals surface area contributed by atoms with Gasteiger partial charge in [-0.15, -0.1) is 0 Å². The van der Waals surface area contributed by atoms with Crippen LogP contribution < -0.4 is 5.32 Å². The summed E-state index contributed by atoms with van der Waals surface area (Å²) in [5, 5.41) is 26.0. The molecule has 0 bridgehead atoms. The first-order valence-electron chi connectivity index (χ1n) is 13.9. The largest absolute Gasteiger partial charge is 0.514 e. The Bertz CT molecular complexity index is 1350. The second kappa shape index (κ2) is 10.6. The predicted molar refractivity (Wildman–Crippen MR) is 148 cm³/mol. The van der Waals surface area contributed by atoms with Crippen molar-refractivity contribution in [1.29, 1.82) is 0 Å². The maximum absolute atomic E-state index is 14.2. The van der Waals surface area contributed by atoms with E-state index in [1.807, 2.05) is 37.3 Å². The lowest BCUT2D eigenvalue weighted by Crippen LogP contribution is -2.67. The van der Waals surface area contributed by atoms with Gasteiger partial charge in [0.1, 0.15) is 5.60 Å². The van der Waals surface area contributed by atoms with Crippen LogP contribution in [0, 0.1) is 23.7 Å². The van der Waals surface area contributed by atoms with E-state index in [-0.39, 0.29) is 6.42 Å². The van der Waals surface area contributed by atoms with E-state index >= 15 is 0 Å². The highest BCUT2D eigenvalue weighted by Crippen LogP contribution is 2.58. The monoisotopic (exact) mass is 563 g/mol. The summed E-state index contributed by atoms with van der Waals surface area (Å²) in [6.45, 7) is 6.61. The zero-order valence-electron chi connectivity index (χ0n) is 23.6. The van der Waals surface area contributed by atoms with Crippen LogP contribution >= 0.6 is 0 Å². The second-order valence-corrected chi connectivity index (χ2v) is 11.9. The molecule has 5 rings (SSSR count). The van der Waals surface area contributed by atoms with Gasteiger partial charge >= 0.3 is 6.16 Å². The highest BCUT2D eigenvalue weighted by molar-refractivity contribution is 5.92. The highest BCUT2D eigenvalue weighted by Gasteiger charge is 2.72. The first-order chi connectivity index (χ1) is 19.4. The molecule has 2 fully saturated rings. The van der Waals surface area contributed by atoms with Crippen LogP contribution in [0.4, 0.5) is 4.79 Å². The molecular weight excluding hydrogens is 526 g/mol. The first-order valence-corrected chi connectivity index (χ1v) is 13.9. The number of rotatable bonds is 3. The van der Waals surface area contributed by atoms with E-state index in [2.05, 4.69) is 10.3 Å². The van der Waals surface area contributed by atoms with Gasteiger partial charge in [0.2, 0.25) is 5.60 Å². The Labute approximate surface area is 239 Å². The fourth-order valence-corrected chi connectivity index (χ4v) is 7.04. The quantitative estimate of drug-likeness (QED) is 0.382. The van der Waals surface area contributed by atoms with Gasteiger partial charge in [0.05, 0.1) is 30.2 Å². The van der Waals surface area contributed by atoms with E-state index in [9.17, 15) is 24.6 Å². The SMILES string of the molecule is C[C@H]1C/C=C/[C@H]2C(n3ccnc3)[C@@](C)(O)[C@@H](C)[C@H]3[C@H](Cc4ccccc4)NC(=O)[C@]32OC(=O)O/C=C/[C@@](C)(O)C1=O. The number of carbonyl (C=O) groups is 3. The average molecular weight is 564 g/mol. The van der Waals surface area contributed by atoms with Crippen molar-refractivity contribution in [2.45, 2.75) is 69.4 Å². The fraction of sp³-hybridized carbons (Fsp3) is 0.484. The Kier molecular flexibility index (Phi) is 7.42. The minimum absolute atomic E-state index is 0.248. The molecule has 0 radical (unpaired) electrons. The van der Waals surface area contributed by atoms with Gasteiger partial charge in [-0.3, -0.25) is 9.59 Å². The molecule has 1 spiro atoms. The van der Waals surface area contributed by atoms with Gasteiger partial charge < -0.3 is 29.6 Å². The lowest BCUT2D eigenvalue weighted by molar-refractivity contribution is -0.198. The number of allylic oxidation sites excluding steroid dienone is 1. The number of ketones is 1. The van der Waals surface area contributed by atoms with Crippen molar-refractivity contribution >= 4 is 17.8 Å². The molecule has 2 aliphatic heterocycles. The van der Waals surface area contributed by atoms with Crippen LogP contribution in [-0.2, 0) is 25.5 Å². The number of amides is 1. The molecule has 3 heterocycles. The Morgan fingerprint density at radius 3 is 2.54 bits per heavy atom. The number of hydrogen-bond acceptors (Lipinski definition) is 8. The third-order valence-electron chi connectivity index (χ3n) is 9.23. The van der Waals surface area contributed by atoms with Crippen LogP contribution in [0.3, 0.4) is 0 Å². The molecule has 218 valence electrons. The molecular formula is C31H37N3O7. The highest BCUT2D eigenvalue weighted by atomic mass is 16.7. The minimum Gasteiger partial charge on any atom is -0.416 e. The van der Waals surface area contributed by atoms with Gasteiger partial charge in [-0.05, 0) is 44.2 Å². The molecule has 1 aromatic carbocycles. The number of Topliss-reactive ketones (excluding diaryl/α,β-unsaturated/α-hetero) is 1. The number of aliphatic hydroxyl groups is 2. The maximum atomic E-state index is 14.2. The summed E-state index contributed by atoms with van der Waals surface area (Å²) < 4.78 is 13.0. The Balaban J connectivity index is 1.69. The van der Waals surface area contributed by atoms with Crippen molar-refractivity contribution in [3.8, 4) is 0 Å². The van der Waals surface area contributed by atoms with Crippen LogP contribution in [0.5, 0.6) is 0 Å². The van der Waals surface area contributed by atoms with Crippen molar-refractivity contribution in [3.05, 3.63) is 79.1 Å². The van der Waals surface area contributed by atoms with Gasteiger partial charge in [-0.1, -0.05) is 56.3 Å². The van der Waals surface area contributed by atoms with Crippen LogP contribution in [0.25, 0.3) is 0 Å². The lowest BCUT2D eigenvalue weighted by atomic mass is 9.54. The predicted octanol–water partition coefficient (Wildman–Crippen LogP) is 3.12. The smallest absolute Gasteiger partial charge is 0.416 e. The topological polar surface area (TPSA) is 140 Å². The average Bonchev–Trinajstić information content (AvgIpc) is 3.53. The third kappa shape index (κ3) is 4.89. The number of nitrogens with one attached hydrogen (secondary N) is 1. The fourth-order valence-electron chi connectivity index (χ4n) is 7.04. The number of imidazole rings is 1. The number of nitrogens with zero attached hydrogens (tertiary/aromatic N) is 2. The van der Waals surface area contributed by atoms with Gasteiger partial charge in [-0.25, -0.2) is 9.78 Å². The zero-order chi connectivity index (χ0) is 29.6. The van der Waals surface area contributed by atoms with E-state index in [0.29, 0.717) is 6.42 Å². The molecule has 1 amide bonds. The molecule has 2 aromatic rings. The van der Waals surface area contributed by atoms with Gasteiger partial charge in [-0.2, -0.15) is 0 Å².